The zero-order chi connectivity index (χ0) is 6.69. The average molecular weight is 128 g/mol. The first-order chi connectivity index (χ1) is 4.34. The lowest BCUT2D eigenvalue weighted by Gasteiger charge is -2.02. The summed E-state index contributed by atoms with van der Waals surface area (Å²) < 4.78 is 4.89. The van der Waals surface area contributed by atoms with E-state index in [0.29, 0.717) is 18.7 Å². The fourth-order valence-corrected chi connectivity index (χ4v) is 0.710. The summed E-state index contributed by atoms with van der Waals surface area (Å²) in [6.45, 7) is 0.584. The fourth-order valence-electron chi connectivity index (χ4n) is 0.710. The molecule has 1 unspecified atom stereocenters. The molecule has 1 heterocycles. The number of aliphatic hydroxyl groups excluding tert-OH is 1. The predicted octanol–water partition coefficient (Wildman–Crippen LogP) is -0.150. The highest BCUT2D eigenvalue weighted by atomic mass is 16.5. The van der Waals surface area contributed by atoms with Gasteiger partial charge in [-0.3, -0.25) is 4.79 Å². The van der Waals surface area contributed by atoms with Gasteiger partial charge in [0.05, 0.1) is 6.61 Å². The molecule has 1 rings (SSSR count). The first-order valence-electron chi connectivity index (χ1n) is 2.81. The maximum Gasteiger partial charge on any atom is 0.166 e. The third-order valence-electron chi connectivity index (χ3n) is 1.15. The molecule has 1 atom stereocenters. The smallest absolute Gasteiger partial charge is 0.166 e. The standard InChI is InChI=1S/C6H8O3/c7-4-5(8)6-2-1-3-9-6/h2,4-5,8H,1,3H2. The van der Waals surface area contributed by atoms with E-state index in [1.165, 1.54) is 0 Å². The molecule has 1 N–H and O–H groups in total. The Hall–Kier alpha value is -0.830. The van der Waals surface area contributed by atoms with Crippen molar-refractivity contribution in [2.24, 2.45) is 0 Å². The fraction of sp³-hybridized carbons (Fsp3) is 0.500. The summed E-state index contributed by atoms with van der Waals surface area (Å²) in [5.41, 5.74) is 0. The zero-order valence-electron chi connectivity index (χ0n) is 4.91. The van der Waals surface area contributed by atoms with Crippen LogP contribution < -0.4 is 0 Å². The van der Waals surface area contributed by atoms with Gasteiger partial charge in [0.25, 0.3) is 0 Å². The van der Waals surface area contributed by atoms with Crippen molar-refractivity contribution in [2.45, 2.75) is 12.5 Å². The number of hydrogen-bond acceptors (Lipinski definition) is 3. The quantitative estimate of drug-likeness (QED) is 0.526. The van der Waals surface area contributed by atoms with Gasteiger partial charge in [-0.2, -0.15) is 0 Å². The molecule has 0 amide bonds. The van der Waals surface area contributed by atoms with Crippen molar-refractivity contribution in [1.29, 1.82) is 0 Å². The van der Waals surface area contributed by atoms with Crippen LogP contribution in [0.5, 0.6) is 0 Å². The van der Waals surface area contributed by atoms with E-state index in [1.54, 1.807) is 6.08 Å². The summed E-state index contributed by atoms with van der Waals surface area (Å²) in [4.78, 5) is 9.92. The molecule has 0 aromatic carbocycles. The molecule has 0 aliphatic carbocycles. The Morgan fingerprint density at radius 2 is 2.67 bits per heavy atom. The van der Waals surface area contributed by atoms with E-state index in [0.717, 1.165) is 6.42 Å². The van der Waals surface area contributed by atoms with Gasteiger partial charge in [0.1, 0.15) is 5.76 Å². The minimum atomic E-state index is -1.05. The lowest BCUT2D eigenvalue weighted by molar-refractivity contribution is -0.114. The summed E-state index contributed by atoms with van der Waals surface area (Å²) in [7, 11) is 0. The minimum Gasteiger partial charge on any atom is -0.495 e. The van der Waals surface area contributed by atoms with Crippen LogP contribution in [0, 0.1) is 0 Å². The number of carbonyl (C=O) groups excluding carboxylic acids is 1. The van der Waals surface area contributed by atoms with Crippen LogP contribution in [-0.2, 0) is 9.53 Å². The van der Waals surface area contributed by atoms with Crippen molar-refractivity contribution in [1.82, 2.24) is 0 Å². The van der Waals surface area contributed by atoms with Gasteiger partial charge in [-0.1, -0.05) is 0 Å². The van der Waals surface area contributed by atoms with Gasteiger partial charge in [-0.15, -0.1) is 0 Å². The lowest BCUT2D eigenvalue weighted by Crippen LogP contribution is -2.11. The predicted molar refractivity (Wildman–Crippen MR) is 30.7 cm³/mol. The van der Waals surface area contributed by atoms with Gasteiger partial charge in [0, 0.05) is 6.42 Å². The third-order valence-corrected chi connectivity index (χ3v) is 1.15. The van der Waals surface area contributed by atoms with Gasteiger partial charge >= 0.3 is 0 Å². The van der Waals surface area contributed by atoms with Gasteiger partial charge in [-0.05, 0) is 6.08 Å². The monoisotopic (exact) mass is 128 g/mol. The highest BCUT2D eigenvalue weighted by molar-refractivity contribution is 5.60. The molecule has 1 aliphatic heterocycles. The van der Waals surface area contributed by atoms with E-state index in [2.05, 4.69) is 0 Å². The highest BCUT2D eigenvalue weighted by Crippen LogP contribution is 2.11. The van der Waals surface area contributed by atoms with Crippen molar-refractivity contribution in [3.05, 3.63) is 11.8 Å². The van der Waals surface area contributed by atoms with Crippen LogP contribution in [0.2, 0.25) is 0 Å². The van der Waals surface area contributed by atoms with Crippen molar-refractivity contribution in [3.63, 3.8) is 0 Å². The number of aliphatic hydroxyl groups is 1. The Bertz CT molecular complexity index is 139. The number of hydrogen-bond donors (Lipinski definition) is 1. The topological polar surface area (TPSA) is 46.5 Å². The van der Waals surface area contributed by atoms with Gasteiger partial charge < -0.3 is 9.84 Å². The molecule has 9 heavy (non-hydrogen) atoms. The third kappa shape index (κ3) is 1.29. The zero-order valence-corrected chi connectivity index (χ0v) is 4.91. The van der Waals surface area contributed by atoms with E-state index >= 15 is 0 Å². The first-order valence-corrected chi connectivity index (χ1v) is 2.81. The van der Waals surface area contributed by atoms with Crippen LogP contribution in [0.25, 0.3) is 0 Å². The molecule has 0 saturated heterocycles. The molecule has 50 valence electrons. The molecule has 0 bridgehead atoms. The molecule has 0 radical (unpaired) electrons. The number of ether oxygens (including phenoxy) is 1. The molecule has 0 spiro atoms. The molecule has 3 nitrogen and oxygen atoms in total. The second-order valence-electron chi connectivity index (χ2n) is 1.82. The second kappa shape index (κ2) is 2.64. The summed E-state index contributed by atoms with van der Waals surface area (Å²) in [5.74, 6) is 0.394. The van der Waals surface area contributed by atoms with E-state index < -0.39 is 6.10 Å². The first kappa shape index (κ1) is 6.29. The van der Waals surface area contributed by atoms with E-state index in [4.69, 9.17) is 9.84 Å². The Morgan fingerprint density at radius 1 is 1.89 bits per heavy atom. The summed E-state index contributed by atoms with van der Waals surface area (Å²) in [6, 6.07) is 0. The largest absolute Gasteiger partial charge is 0.495 e. The molecule has 0 aromatic rings. The maximum atomic E-state index is 9.92. The average Bonchev–Trinajstić information content (AvgIpc) is 2.37. The molecule has 1 aliphatic rings. The number of rotatable bonds is 2. The van der Waals surface area contributed by atoms with E-state index in [-0.39, 0.29) is 0 Å². The summed E-state index contributed by atoms with van der Waals surface area (Å²) in [6.07, 6.45) is 1.92. The lowest BCUT2D eigenvalue weighted by atomic mass is 10.3. The Labute approximate surface area is 52.9 Å². The number of carbonyl (C=O) groups is 1. The van der Waals surface area contributed by atoms with E-state index in [9.17, 15) is 4.79 Å². The molecule has 3 heteroatoms. The summed E-state index contributed by atoms with van der Waals surface area (Å²) >= 11 is 0. The van der Waals surface area contributed by atoms with Gasteiger partial charge in [0.2, 0.25) is 0 Å². The van der Waals surface area contributed by atoms with Gasteiger partial charge in [0.15, 0.2) is 12.4 Å². The molecular formula is C6H8O3. The summed E-state index contributed by atoms with van der Waals surface area (Å²) in [5, 5.41) is 8.80. The van der Waals surface area contributed by atoms with Crippen LogP contribution >= 0.6 is 0 Å². The van der Waals surface area contributed by atoms with Crippen LogP contribution in [0.15, 0.2) is 11.8 Å². The minimum absolute atomic E-state index is 0.394. The Balaban J connectivity index is 2.50. The van der Waals surface area contributed by atoms with Crippen LogP contribution in [0.3, 0.4) is 0 Å². The molecule has 0 aromatic heterocycles. The van der Waals surface area contributed by atoms with Crippen molar-refractivity contribution in [2.75, 3.05) is 6.61 Å². The van der Waals surface area contributed by atoms with E-state index in [1.807, 2.05) is 0 Å². The van der Waals surface area contributed by atoms with Gasteiger partial charge in [-0.25, -0.2) is 0 Å². The van der Waals surface area contributed by atoms with Crippen LogP contribution in [0.4, 0.5) is 0 Å². The van der Waals surface area contributed by atoms with Crippen molar-refractivity contribution < 1.29 is 14.6 Å². The van der Waals surface area contributed by atoms with Crippen molar-refractivity contribution in [3.8, 4) is 0 Å². The van der Waals surface area contributed by atoms with Crippen LogP contribution in [-0.4, -0.2) is 24.1 Å². The Kier molecular flexibility index (Phi) is 1.85. The normalized spacial score (nSPS) is 20.3. The second-order valence-corrected chi connectivity index (χ2v) is 1.82. The van der Waals surface area contributed by atoms with Crippen molar-refractivity contribution >= 4 is 6.29 Å². The highest BCUT2D eigenvalue weighted by Gasteiger charge is 2.13. The molecule has 0 saturated carbocycles. The molecular weight excluding hydrogens is 120 g/mol. The van der Waals surface area contributed by atoms with Crippen LogP contribution in [0.1, 0.15) is 6.42 Å². The maximum absolute atomic E-state index is 9.92. The number of aldehydes is 1. The Morgan fingerprint density at radius 3 is 3.11 bits per heavy atom. The SMILES string of the molecule is O=CC(O)C1=CCCO1. The molecule has 0 fully saturated rings.